The highest BCUT2D eigenvalue weighted by Crippen LogP contribution is 2.33. The lowest BCUT2D eigenvalue weighted by molar-refractivity contribution is -0.140. The van der Waals surface area contributed by atoms with Crippen LogP contribution in [0.4, 0.5) is 0 Å². The van der Waals surface area contributed by atoms with E-state index in [-0.39, 0.29) is 17.4 Å². The van der Waals surface area contributed by atoms with E-state index < -0.39 is 0 Å². The minimum absolute atomic E-state index is 0.0130. The zero-order valence-corrected chi connectivity index (χ0v) is 14.3. The first kappa shape index (κ1) is 16.5. The van der Waals surface area contributed by atoms with E-state index in [1.807, 2.05) is 24.8 Å². The summed E-state index contributed by atoms with van der Waals surface area (Å²) in [6, 6.07) is 1.97. The van der Waals surface area contributed by atoms with Crippen molar-refractivity contribution in [1.82, 2.24) is 15.0 Å². The second-order valence-corrected chi connectivity index (χ2v) is 7.33. The number of nitrogens with two attached hydrogens (primary N) is 1. The fourth-order valence-corrected chi connectivity index (χ4v) is 3.83. The molecule has 2 fully saturated rings. The number of hydrogen-bond donors (Lipinski definition) is 1. The summed E-state index contributed by atoms with van der Waals surface area (Å²) in [6.07, 6.45) is 4.15. The third-order valence-corrected chi connectivity index (χ3v) is 5.30. The second kappa shape index (κ2) is 6.61. The Balaban J connectivity index is 1.53. The van der Waals surface area contributed by atoms with Crippen molar-refractivity contribution in [2.75, 3.05) is 26.2 Å². The molecular formula is C17H28N4O2. The Bertz CT molecular complexity index is 547. The molecule has 6 nitrogen and oxygen atoms in total. The highest BCUT2D eigenvalue weighted by molar-refractivity contribution is 5.80. The van der Waals surface area contributed by atoms with E-state index in [4.69, 9.17) is 10.3 Å². The molecule has 3 rings (SSSR count). The predicted molar refractivity (Wildman–Crippen MR) is 87.6 cm³/mol. The number of nitrogens with zero attached hydrogens (tertiary/aromatic N) is 3. The van der Waals surface area contributed by atoms with Crippen LogP contribution < -0.4 is 5.73 Å². The zero-order valence-electron chi connectivity index (χ0n) is 14.3. The van der Waals surface area contributed by atoms with Crippen molar-refractivity contribution in [3.63, 3.8) is 0 Å². The molecule has 2 unspecified atom stereocenters. The average Bonchev–Trinajstić information content (AvgIpc) is 2.92. The number of aryl methyl sites for hydroxylation is 1. The molecule has 0 bridgehead atoms. The van der Waals surface area contributed by atoms with Gasteiger partial charge in [-0.3, -0.25) is 9.69 Å². The van der Waals surface area contributed by atoms with E-state index in [9.17, 15) is 4.79 Å². The smallest absolute Gasteiger partial charge is 0.227 e. The van der Waals surface area contributed by atoms with Gasteiger partial charge in [-0.05, 0) is 26.7 Å². The molecule has 2 N–H and O–H groups in total. The molecule has 1 aliphatic heterocycles. The summed E-state index contributed by atoms with van der Waals surface area (Å²) in [7, 11) is 0. The molecule has 2 heterocycles. The summed E-state index contributed by atoms with van der Waals surface area (Å²) in [5.74, 6) is 1.08. The van der Waals surface area contributed by atoms with Crippen LogP contribution >= 0.6 is 0 Å². The maximum Gasteiger partial charge on any atom is 0.227 e. The Morgan fingerprint density at radius 3 is 2.74 bits per heavy atom. The summed E-state index contributed by atoms with van der Waals surface area (Å²) in [5, 5.41) is 4.04. The molecule has 0 spiro atoms. The number of aromatic nitrogens is 1. The van der Waals surface area contributed by atoms with Gasteiger partial charge in [0.1, 0.15) is 5.76 Å². The molecule has 1 aromatic rings. The highest BCUT2D eigenvalue weighted by Gasteiger charge is 2.40. The van der Waals surface area contributed by atoms with Gasteiger partial charge in [0.2, 0.25) is 5.91 Å². The third-order valence-electron chi connectivity index (χ3n) is 5.30. The average molecular weight is 320 g/mol. The molecule has 1 aromatic heterocycles. The zero-order chi connectivity index (χ0) is 16.4. The van der Waals surface area contributed by atoms with Gasteiger partial charge in [0.05, 0.1) is 11.6 Å². The first-order chi connectivity index (χ1) is 11.0. The number of piperazine rings is 1. The Labute approximate surface area is 138 Å². The molecular weight excluding hydrogens is 292 g/mol. The van der Waals surface area contributed by atoms with E-state index in [0.717, 1.165) is 69.9 Å². The summed E-state index contributed by atoms with van der Waals surface area (Å²) >= 11 is 0. The quantitative estimate of drug-likeness (QED) is 0.914. The third kappa shape index (κ3) is 3.75. The van der Waals surface area contributed by atoms with Gasteiger partial charge in [0.25, 0.3) is 0 Å². The van der Waals surface area contributed by atoms with Gasteiger partial charge >= 0.3 is 0 Å². The van der Waals surface area contributed by atoms with Gasteiger partial charge in [0.15, 0.2) is 0 Å². The molecule has 2 atom stereocenters. The fourth-order valence-electron chi connectivity index (χ4n) is 3.83. The molecule has 0 radical (unpaired) electrons. The highest BCUT2D eigenvalue weighted by atomic mass is 16.5. The lowest BCUT2D eigenvalue weighted by atomic mass is 9.74. The standard InChI is InChI=1S/C17H28N4O2/c1-13-11-14(19-23-13)12-20-7-9-21(10-8-20)16(22)15-5-3-4-6-17(15,2)18/h11,15H,3-10,12,18H2,1-2H3. The fraction of sp³-hybridized carbons (Fsp3) is 0.765. The topological polar surface area (TPSA) is 75.6 Å². The van der Waals surface area contributed by atoms with E-state index in [2.05, 4.69) is 10.1 Å². The molecule has 1 aliphatic carbocycles. The van der Waals surface area contributed by atoms with Crippen LogP contribution in [0.25, 0.3) is 0 Å². The molecule has 0 aromatic carbocycles. The van der Waals surface area contributed by atoms with E-state index >= 15 is 0 Å². The normalized spacial score (nSPS) is 29.7. The molecule has 128 valence electrons. The van der Waals surface area contributed by atoms with Crippen LogP contribution in [-0.4, -0.2) is 52.6 Å². The Kier molecular flexibility index (Phi) is 4.73. The van der Waals surface area contributed by atoms with Crippen LogP contribution in [0.2, 0.25) is 0 Å². The SMILES string of the molecule is Cc1cc(CN2CCN(C(=O)C3CCCCC3(C)N)CC2)no1. The van der Waals surface area contributed by atoms with Crippen LogP contribution in [0.15, 0.2) is 10.6 Å². The molecule has 6 heteroatoms. The maximum atomic E-state index is 12.8. The van der Waals surface area contributed by atoms with Crippen molar-refractivity contribution < 1.29 is 9.32 Å². The lowest BCUT2D eigenvalue weighted by Gasteiger charge is -2.42. The molecule has 23 heavy (non-hydrogen) atoms. The molecule has 1 saturated heterocycles. The van der Waals surface area contributed by atoms with Crippen molar-refractivity contribution in [1.29, 1.82) is 0 Å². The van der Waals surface area contributed by atoms with Crippen molar-refractivity contribution in [2.45, 2.75) is 51.6 Å². The Hall–Kier alpha value is -1.40. The number of carbonyl (C=O) groups is 1. The summed E-state index contributed by atoms with van der Waals surface area (Å²) in [6.45, 7) is 8.05. The largest absolute Gasteiger partial charge is 0.361 e. The minimum atomic E-state index is -0.343. The van der Waals surface area contributed by atoms with Gasteiger partial charge in [-0.25, -0.2) is 0 Å². The molecule has 2 aliphatic rings. The van der Waals surface area contributed by atoms with Crippen LogP contribution in [0.1, 0.15) is 44.1 Å². The van der Waals surface area contributed by atoms with E-state index in [1.165, 1.54) is 0 Å². The minimum Gasteiger partial charge on any atom is -0.361 e. The first-order valence-electron chi connectivity index (χ1n) is 8.68. The molecule has 1 saturated carbocycles. The van der Waals surface area contributed by atoms with Gasteiger partial charge in [-0.15, -0.1) is 0 Å². The maximum absolute atomic E-state index is 12.8. The predicted octanol–water partition coefficient (Wildman–Crippen LogP) is 1.53. The van der Waals surface area contributed by atoms with Gasteiger partial charge < -0.3 is 15.2 Å². The van der Waals surface area contributed by atoms with Crippen molar-refractivity contribution in [3.05, 3.63) is 17.5 Å². The summed E-state index contributed by atoms with van der Waals surface area (Å²) < 4.78 is 5.11. The number of amides is 1. The molecule has 1 amide bonds. The van der Waals surface area contributed by atoms with E-state index in [1.54, 1.807) is 0 Å². The summed E-state index contributed by atoms with van der Waals surface area (Å²) in [4.78, 5) is 17.2. The van der Waals surface area contributed by atoms with Crippen LogP contribution in [0.5, 0.6) is 0 Å². The van der Waals surface area contributed by atoms with Crippen LogP contribution in [0, 0.1) is 12.8 Å². The van der Waals surface area contributed by atoms with Crippen molar-refractivity contribution in [2.24, 2.45) is 11.7 Å². The van der Waals surface area contributed by atoms with Crippen LogP contribution in [-0.2, 0) is 11.3 Å². The first-order valence-corrected chi connectivity index (χ1v) is 8.68. The van der Waals surface area contributed by atoms with Gasteiger partial charge in [-0.2, -0.15) is 0 Å². The lowest BCUT2D eigenvalue weighted by Crippen LogP contribution is -2.57. The van der Waals surface area contributed by atoms with Gasteiger partial charge in [-0.1, -0.05) is 18.0 Å². The number of hydrogen-bond acceptors (Lipinski definition) is 5. The Morgan fingerprint density at radius 2 is 2.13 bits per heavy atom. The van der Waals surface area contributed by atoms with Crippen LogP contribution in [0.3, 0.4) is 0 Å². The Morgan fingerprint density at radius 1 is 1.39 bits per heavy atom. The van der Waals surface area contributed by atoms with Crippen molar-refractivity contribution >= 4 is 5.91 Å². The van der Waals surface area contributed by atoms with Gasteiger partial charge in [0, 0.05) is 44.3 Å². The van der Waals surface area contributed by atoms with Crippen molar-refractivity contribution in [3.8, 4) is 0 Å². The number of rotatable bonds is 3. The summed E-state index contributed by atoms with van der Waals surface area (Å²) in [5.41, 5.74) is 7.00. The monoisotopic (exact) mass is 320 g/mol. The number of carbonyl (C=O) groups excluding carboxylic acids is 1. The van der Waals surface area contributed by atoms with E-state index in [0.29, 0.717) is 0 Å². The second-order valence-electron chi connectivity index (χ2n) is 7.33.